The molecule has 0 amide bonds. The highest BCUT2D eigenvalue weighted by atomic mass is 32.1. The molecule has 96 valence electrons. The van der Waals surface area contributed by atoms with E-state index in [4.69, 9.17) is 4.74 Å². The van der Waals surface area contributed by atoms with Gasteiger partial charge in [-0.3, -0.25) is 4.79 Å². The molecule has 1 atom stereocenters. The molecule has 1 aromatic rings. The van der Waals surface area contributed by atoms with Gasteiger partial charge in [0.25, 0.3) is 0 Å². The van der Waals surface area contributed by atoms with Crippen LogP contribution in [-0.2, 0) is 16.0 Å². The lowest BCUT2D eigenvalue weighted by Gasteiger charge is -2.16. The van der Waals surface area contributed by atoms with Gasteiger partial charge < -0.3 is 4.74 Å². The average molecular weight is 255 g/mol. The number of carbonyl (C=O) groups excluding carboxylic acids is 1. The predicted octanol–water partition coefficient (Wildman–Crippen LogP) is 3.25. The first kappa shape index (κ1) is 14.2. The van der Waals surface area contributed by atoms with Crippen LogP contribution in [0.2, 0.25) is 0 Å². The van der Waals surface area contributed by atoms with E-state index < -0.39 is 0 Å². The van der Waals surface area contributed by atoms with Crippen molar-refractivity contribution in [1.29, 1.82) is 0 Å². The van der Waals surface area contributed by atoms with Gasteiger partial charge in [-0.15, -0.1) is 11.3 Å². The van der Waals surface area contributed by atoms with Gasteiger partial charge in [0.1, 0.15) is 0 Å². The molecule has 0 N–H and O–H groups in total. The Morgan fingerprint density at radius 1 is 1.41 bits per heavy atom. The first-order valence-electron chi connectivity index (χ1n) is 5.97. The topological polar surface area (TPSA) is 39.2 Å². The lowest BCUT2D eigenvalue weighted by atomic mass is 9.93. The second-order valence-corrected chi connectivity index (χ2v) is 5.84. The van der Waals surface area contributed by atoms with Gasteiger partial charge in [0.15, 0.2) is 0 Å². The van der Waals surface area contributed by atoms with Crippen molar-refractivity contribution in [3.8, 4) is 0 Å². The van der Waals surface area contributed by atoms with Gasteiger partial charge in [0.05, 0.1) is 23.7 Å². The Morgan fingerprint density at radius 3 is 2.47 bits per heavy atom. The molecule has 0 spiro atoms. The molecule has 0 saturated heterocycles. The Labute approximate surface area is 107 Å². The Hall–Kier alpha value is -0.900. The summed E-state index contributed by atoms with van der Waals surface area (Å²) in [4.78, 5) is 16.2. The van der Waals surface area contributed by atoms with Gasteiger partial charge in [0, 0.05) is 11.8 Å². The van der Waals surface area contributed by atoms with Crippen molar-refractivity contribution in [2.75, 3.05) is 7.11 Å². The largest absolute Gasteiger partial charge is 0.469 e. The summed E-state index contributed by atoms with van der Waals surface area (Å²) in [5.41, 5.74) is 1.11. The third kappa shape index (κ3) is 3.80. The molecule has 3 nitrogen and oxygen atoms in total. The van der Waals surface area contributed by atoms with Gasteiger partial charge in [-0.2, -0.15) is 0 Å². The van der Waals surface area contributed by atoms with Gasteiger partial charge >= 0.3 is 5.97 Å². The van der Waals surface area contributed by atoms with E-state index >= 15 is 0 Å². The lowest BCUT2D eigenvalue weighted by Crippen LogP contribution is -2.23. The molecule has 1 unspecified atom stereocenters. The number of rotatable bonds is 5. The van der Waals surface area contributed by atoms with Crippen LogP contribution in [0.1, 0.15) is 44.3 Å². The molecule has 1 heterocycles. The molecule has 0 aliphatic carbocycles. The summed E-state index contributed by atoms with van der Waals surface area (Å²) in [7, 11) is 1.44. The molecule has 17 heavy (non-hydrogen) atoms. The molecule has 0 fully saturated rings. The Bertz CT molecular complexity index is 371. The standard InChI is InChI=1S/C13H21NO2S/c1-8(2)10(13(15)16-5)6-12-14-11(7-17-12)9(3)4/h7-10H,6H2,1-5H3. The summed E-state index contributed by atoms with van der Waals surface area (Å²) in [5, 5.41) is 3.10. The fourth-order valence-corrected chi connectivity index (χ4v) is 2.63. The second-order valence-electron chi connectivity index (χ2n) is 4.90. The minimum atomic E-state index is -0.138. The number of carbonyl (C=O) groups is 1. The minimum Gasteiger partial charge on any atom is -0.469 e. The van der Waals surface area contributed by atoms with Crippen LogP contribution in [0.15, 0.2) is 5.38 Å². The van der Waals surface area contributed by atoms with E-state index in [1.807, 2.05) is 13.8 Å². The summed E-state index contributed by atoms with van der Waals surface area (Å²) in [6.07, 6.45) is 0.682. The summed E-state index contributed by atoms with van der Waals surface area (Å²) in [5.74, 6) is 0.483. The fourth-order valence-electron chi connectivity index (χ4n) is 1.61. The zero-order chi connectivity index (χ0) is 13.0. The molecule has 0 saturated carbocycles. The number of esters is 1. The molecule has 0 aromatic carbocycles. The van der Waals surface area contributed by atoms with Crippen molar-refractivity contribution in [2.45, 2.75) is 40.0 Å². The third-order valence-electron chi connectivity index (χ3n) is 2.86. The molecular formula is C13H21NO2S. The predicted molar refractivity (Wildman–Crippen MR) is 70.3 cm³/mol. The van der Waals surface area contributed by atoms with Gasteiger partial charge in [0.2, 0.25) is 0 Å². The quantitative estimate of drug-likeness (QED) is 0.758. The number of aromatic nitrogens is 1. The van der Waals surface area contributed by atoms with E-state index in [0.717, 1.165) is 10.7 Å². The number of hydrogen-bond donors (Lipinski definition) is 0. The SMILES string of the molecule is COC(=O)C(Cc1nc(C(C)C)cs1)C(C)C. The maximum Gasteiger partial charge on any atom is 0.309 e. The fraction of sp³-hybridized carbons (Fsp3) is 0.692. The van der Waals surface area contributed by atoms with E-state index in [2.05, 4.69) is 24.2 Å². The summed E-state index contributed by atoms with van der Waals surface area (Å²) in [6, 6.07) is 0. The Balaban J connectivity index is 2.75. The maximum atomic E-state index is 11.7. The smallest absolute Gasteiger partial charge is 0.309 e. The van der Waals surface area contributed by atoms with Crippen molar-refractivity contribution >= 4 is 17.3 Å². The highest BCUT2D eigenvalue weighted by Gasteiger charge is 2.24. The molecular weight excluding hydrogens is 234 g/mol. The Morgan fingerprint density at radius 2 is 2.06 bits per heavy atom. The monoisotopic (exact) mass is 255 g/mol. The van der Waals surface area contributed by atoms with Crippen LogP contribution in [0, 0.1) is 11.8 Å². The zero-order valence-electron chi connectivity index (χ0n) is 11.2. The van der Waals surface area contributed by atoms with Crippen molar-refractivity contribution in [3.05, 3.63) is 16.1 Å². The van der Waals surface area contributed by atoms with E-state index in [0.29, 0.717) is 12.3 Å². The van der Waals surface area contributed by atoms with Gasteiger partial charge in [-0.1, -0.05) is 27.7 Å². The molecule has 4 heteroatoms. The molecule has 0 aliphatic rings. The number of methoxy groups -OCH3 is 1. The van der Waals surface area contributed by atoms with Crippen LogP contribution < -0.4 is 0 Å². The van der Waals surface area contributed by atoms with E-state index in [1.54, 1.807) is 11.3 Å². The van der Waals surface area contributed by atoms with Crippen LogP contribution in [0.4, 0.5) is 0 Å². The number of nitrogens with zero attached hydrogens (tertiary/aromatic N) is 1. The van der Waals surface area contributed by atoms with Crippen LogP contribution in [0.5, 0.6) is 0 Å². The van der Waals surface area contributed by atoms with Crippen LogP contribution in [0.25, 0.3) is 0 Å². The highest BCUT2D eigenvalue weighted by Crippen LogP contribution is 2.23. The first-order chi connectivity index (χ1) is 7.95. The molecule has 0 radical (unpaired) electrons. The highest BCUT2D eigenvalue weighted by molar-refractivity contribution is 7.09. The minimum absolute atomic E-state index is 0.0915. The van der Waals surface area contributed by atoms with E-state index in [-0.39, 0.29) is 17.8 Å². The average Bonchev–Trinajstić information content (AvgIpc) is 2.73. The van der Waals surface area contributed by atoms with Gasteiger partial charge in [-0.05, 0) is 11.8 Å². The second kappa shape index (κ2) is 6.15. The number of hydrogen-bond acceptors (Lipinski definition) is 4. The van der Waals surface area contributed by atoms with E-state index in [1.165, 1.54) is 7.11 Å². The van der Waals surface area contributed by atoms with Crippen LogP contribution >= 0.6 is 11.3 Å². The van der Waals surface area contributed by atoms with Crippen molar-refractivity contribution in [2.24, 2.45) is 11.8 Å². The first-order valence-corrected chi connectivity index (χ1v) is 6.85. The number of ether oxygens (including phenoxy) is 1. The van der Waals surface area contributed by atoms with Crippen molar-refractivity contribution < 1.29 is 9.53 Å². The van der Waals surface area contributed by atoms with Crippen molar-refractivity contribution in [1.82, 2.24) is 4.98 Å². The molecule has 0 bridgehead atoms. The number of thiazole rings is 1. The maximum absolute atomic E-state index is 11.7. The van der Waals surface area contributed by atoms with Crippen LogP contribution in [0.3, 0.4) is 0 Å². The summed E-state index contributed by atoms with van der Waals surface area (Å²) >= 11 is 1.63. The van der Waals surface area contributed by atoms with Gasteiger partial charge in [-0.25, -0.2) is 4.98 Å². The van der Waals surface area contributed by atoms with Crippen LogP contribution in [-0.4, -0.2) is 18.1 Å². The van der Waals surface area contributed by atoms with Crippen molar-refractivity contribution in [3.63, 3.8) is 0 Å². The molecule has 1 aromatic heterocycles. The van der Waals surface area contributed by atoms with E-state index in [9.17, 15) is 4.79 Å². The molecule has 1 rings (SSSR count). The summed E-state index contributed by atoms with van der Waals surface area (Å²) < 4.78 is 4.84. The molecule has 0 aliphatic heterocycles. The zero-order valence-corrected chi connectivity index (χ0v) is 12.0. The summed E-state index contributed by atoms with van der Waals surface area (Å²) in [6.45, 7) is 8.33. The lowest BCUT2D eigenvalue weighted by molar-refractivity contribution is -0.146. The normalized spacial score (nSPS) is 13.1. The Kier molecular flexibility index (Phi) is 5.12. The third-order valence-corrected chi connectivity index (χ3v) is 3.75.